The van der Waals surface area contributed by atoms with Crippen LogP contribution in [0.25, 0.3) is 0 Å². The third kappa shape index (κ3) is 4.12. The first-order chi connectivity index (χ1) is 12.2. The van der Waals surface area contributed by atoms with Gasteiger partial charge in [0.15, 0.2) is 5.69 Å². The molecule has 0 saturated heterocycles. The number of aromatic nitrogens is 2. The number of carbonyl (C=O) groups is 1. The summed E-state index contributed by atoms with van der Waals surface area (Å²) in [6.07, 6.45) is 0.793. The van der Waals surface area contributed by atoms with Crippen molar-refractivity contribution >= 4 is 21.6 Å². The summed E-state index contributed by atoms with van der Waals surface area (Å²) in [6, 6.07) is 6.16. The van der Waals surface area contributed by atoms with Gasteiger partial charge in [-0.15, -0.1) is 0 Å². The molecule has 0 bridgehead atoms. The number of hydrogen-bond donors (Lipinski definition) is 4. The minimum absolute atomic E-state index is 0.0935. The minimum atomic E-state index is -3.68. The summed E-state index contributed by atoms with van der Waals surface area (Å²) in [6.45, 7) is 6.73. The van der Waals surface area contributed by atoms with Gasteiger partial charge >= 0.3 is 0 Å². The Balaban J connectivity index is 1.81. The molecule has 1 aliphatic rings. The molecule has 0 unspecified atom stereocenters. The molecule has 26 heavy (non-hydrogen) atoms. The van der Waals surface area contributed by atoms with Gasteiger partial charge in [0.25, 0.3) is 5.91 Å². The van der Waals surface area contributed by atoms with E-state index in [-0.39, 0.29) is 10.8 Å². The molecule has 8 nitrogen and oxygen atoms in total. The van der Waals surface area contributed by atoms with Crippen molar-refractivity contribution in [2.75, 3.05) is 11.9 Å². The molecule has 1 aromatic heterocycles. The van der Waals surface area contributed by atoms with Crippen molar-refractivity contribution in [3.05, 3.63) is 41.2 Å². The molecule has 9 heteroatoms. The lowest BCUT2D eigenvalue weighted by molar-refractivity contribution is 0.102. The van der Waals surface area contributed by atoms with Crippen molar-refractivity contribution in [2.45, 2.75) is 44.2 Å². The average Bonchev–Trinajstić information content (AvgIpc) is 2.97. The van der Waals surface area contributed by atoms with E-state index >= 15 is 0 Å². The molecule has 4 N–H and O–H groups in total. The Morgan fingerprint density at radius 1 is 1.27 bits per heavy atom. The molecule has 140 valence electrons. The zero-order valence-electron chi connectivity index (χ0n) is 15.0. The van der Waals surface area contributed by atoms with E-state index in [2.05, 4.69) is 25.6 Å². The zero-order chi connectivity index (χ0) is 18.9. The number of benzene rings is 1. The van der Waals surface area contributed by atoms with Crippen LogP contribution in [-0.4, -0.2) is 36.6 Å². The number of nitrogens with zero attached hydrogens (tertiary/aromatic N) is 1. The summed E-state index contributed by atoms with van der Waals surface area (Å²) in [5.74, 6) is -0.371. The highest BCUT2D eigenvalue weighted by Gasteiger charge is 2.24. The summed E-state index contributed by atoms with van der Waals surface area (Å²) in [5, 5.41) is 12.9. The quantitative estimate of drug-likeness (QED) is 0.642. The molecule has 0 saturated carbocycles. The number of rotatable bonds is 4. The molecule has 2 heterocycles. The summed E-state index contributed by atoms with van der Waals surface area (Å²) in [4.78, 5) is 12.6. The number of anilines is 1. The van der Waals surface area contributed by atoms with Crippen LogP contribution in [0.1, 0.15) is 42.5 Å². The maximum atomic E-state index is 12.6. The largest absolute Gasteiger partial charge is 0.321 e. The Morgan fingerprint density at radius 3 is 2.77 bits per heavy atom. The van der Waals surface area contributed by atoms with Crippen molar-refractivity contribution in [1.29, 1.82) is 0 Å². The summed E-state index contributed by atoms with van der Waals surface area (Å²) < 4.78 is 27.5. The first-order valence-electron chi connectivity index (χ1n) is 8.38. The van der Waals surface area contributed by atoms with E-state index in [0.29, 0.717) is 17.9 Å². The molecule has 2 aromatic rings. The smallest absolute Gasteiger partial charge is 0.276 e. The molecule has 0 radical (unpaired) electrons. The SMILES string of the molecule is CC(C)(C)NS(=O)(=O)c1cccc(NC(=O)c2n[nH]c3c2CNCC3)c1. The van der Waals surface area contributed by atoms with Crippen molar-refractivity contribution in [2.24, 2.45) is 0 Å². The fourth-order valence-electron chi connectivity index (χ4n) is 2.81. The Bertz CT molecular complexity index is 928. The summed E-state index contributed by atoms with van der Waals surface area (Å²) >= 11 is 0. The number of fused-ring (bicyclic) bond motifs is 1. The van der Waals surface area contributed by atoms with Crippen molar-refractivity contribution in [1.82, 2.24) is 20.2 Å². The van der Waals surface area contributed by atoms with Gasteiger partial charge in [-0.3, -0.25) is 9.89 Å². The van der Waals surface area contributed by atoms with E-state index in [4.69, 9.17) is 0 Å². The molecule has 0 fully saturated rings. The van der Waals surface area contributed by atoms with E-state index in [1.165, 1.54) is 12.1 Å². The van der Waals surface area contributed by atoms with Gasteiger partial charge in [0.05, 0.1) is 4.90 Å². The van der Waals surface area contributed by atoms with Crippen LogP contribution in [0.2, 0.25) is 0 Å². The van der Waals surface area contributed by atoms with Gasteiger partial charge in [0.1, 0.15) is 0 Å². The van der Waals surface area contributed by atoms with Crippen LogP contribution < -0.4 is 15.4 Å². The number of aromatic amines is 1. The van der Waals surface area contributed by atoms with Crippen LogP contribution in [0.5, 0.6) is 0 Å². The molecular formula is C17H23N5O3S. The van der Waals surface area contributed by atoms with E-state index in [1.807, 2.05) is 0 Å². The molecular weight excluding hydrogens is 354 g/mol. The second-order valence-corrected chi connectivity index (χ2v) is 8.98. The molecule has 1 aliphatic heterocycles. The lowest BCUT2D eigenvalue weighted by atomic mass is 10.1. The average molecular weight is 377 g/mol. The maximum absolute atomic E-state index is 12.6. The van der Waals surface area contributed by atoms with Crippen LogP contribution in [0.3, 0.4) is 0 Å². The molecule has 1 aromatic carbocycles. The van der Waals surface area contributed by atoms with Crippen LogP contribution in [0.4, 0.5) is 5.69 Å². The third-order valence-electron chi connectivity index (χ3n) is 3.86. The Labute approximate surface area is 152 Å². The normalized spacial score (nSPS) is 14.7. The van der Waals surface area contributed by atoms with Gasteiger partial charge in [0, 0.05) is 42.0 Å². The lowest BCUT2D eigenvalue weighted by Gasteiger charge is -2.20. The highest BCUT2D eigenvalue weighted by molar-refractivity contribution is 7.89. The predicted octanol–water partition coefficient (Wildman–Crippen LogP) is 1.38. The fourth-order valence-corrected chi connectivity index (χ4v) is 4.27. The van der Waals surface area contributed by atoms with Crippen LogP contribution in [0, 0.1) is 0 Å². The lowest BCUT2D eigenvalue weighted by Crippen LogP contribution is -2.40. The van der Waals surface area contributed by atoms with Gasteiger partial charge in [-0.2, -0.15) is 5.10 Å². The zero-order valence-corrected chi connectivity index (χ0v) is 15.8. The van der Waals surface area contributed by atoms with E-state index in [0.717, 1.165) is 24.2 Å². The van der Waals surface area contributed by atoms with Gasteiger partial charge in [-0.05, 0) is 39.0 Å². The van der Waals surface area contributed by atoms with Gasteiger partial charge in [-0.1, -0.05) is 6.07 Å². The highest BCUT2D eigenvalue weighted by Crippen LogP contribution is 2.20. The maximum Gasteiger partial charge on any atom is 0.276 e. The third-order valence-corrected chi connectivity index (χ3v) is 5.62. The number of H-pyrrole nitrogens is 1. The second-order valence-electron chi connectivity index (χ2n) is 7.29. The minimum Gasteiger partial charge on any atom is -0.321 e. The van der Waals surface area contributed by atoms with Crippen molar-refractivity contribution in [3.63, 3.8) is 0 Å². The number of sulfonamides is 1. The molecule has 0 aliphatic carbocycles. The number of hydrogen-bond acceptors (Lipinski definition) is 5. The molecule has 1 amide bonds. The monoisotopic (exact) mass is 377 g/mol. The fraction of sp³-hybridized carbons (Fsp3) is 0.412. The Morgan fingerprint density at radius 2 is 2.04 bits per heavy atom. The second kappa shape index (κ2) is 6.82. The molecule has 0 spiro atoms. The van der Waals surface area contributed by atoms with Crippen molar-refractivity contribution < 1.29 is 13.2 Å². The summed E-state index contributed by atoms with van der Waals surface area (Å²) in [5.41, 5.74) is 1.94. The first-order valence-corrected chi connectivity index (χ1v) is 9.86. The number of nitrogens with one attached hydrogen (secondary N) is 4. The highest BCUT2D eigenvalue weighted by atomic mass is 32.2. The van der Waals surface area contributed by atoms with Gasteiger partial charge in [-0.25, -0.2) is 13.1 Å². The Kier molecular flexibility index (Phi) is 4.87. The van der Waals surface area contributed by atoms with Gasteiger partial charge in [0.2, 0.25) is 10.0 Å². The first kappa shape index (κ1) is 18.6. The van der Waals surface area contributed by atoms with E-state index in [1.54, 1.807) is 32.9 Å². The molecule has 0 atom stereocenters. The standard InChI is InChI=1S/C17H23N5O3S/c1-17(2,3)22-26(24,25)12-6-4-5-11(9-12)19-16(23)15-13-10-18-8-7-14(13)20-21-15/h4-6,9,18,22H,7-8,10H2,1-3H3,(H,19,23)(H,20,21). The Hall–Kier alpha value is -2.23. The van der Waals surface area contributed by atoms with Gasteiger partial charge < -0.3 is 10.6 Å². The van der Waals surface area contributed by atoms with E-state index < -0.39 is 15.6 Å². The predicted molar refractivity (Wildman–Crippen MR) is 98.5 cm³/mol. The van der Waals surface area contributed by atoms with Crippen LogP contribution in [-0.2, 0) is 23.0 Å². The number of amides is 1. The number of carbonyl (C=O) groups excluding carboxylic acids is 1. The summed E-state index contributed by atoms with van der Waals surface area (Å²) in [7, 11) is -3.68. The van der Waals surface area contributed by atoms with Crippen molar-refractivity contribution in [3.8, 4) is 0 Å². The molecule has 3 rings (SSSR count). The topological polar surface area (TPSA) is 116 Å². The van der Waals surface area contributed by atoms with Crippen LogP contribution in [0.15, 0.2) is 29.2 Å². The van der Waals surface area contributed by atoms with E-state index in [9.17, 15) is 13.2 Å². The van der Waals surface area contributed by atoms with Crippen LogP contribution >= 0.6 is 0 Å².